The van der Waals surface area contributed by atoms with Crippen LogP contribution in [0.5, 0.6) is 0 Å². The molecule has 0 radical (unpaired) electrons. The van der Waals surface area contributed by atoms with E-state index < -0.39 is 0 Å². The first-order chi connectivity index (χ1) is 6.94. The third-order valence-electron chi connectivity index (χ3n) is 3.80. The molecule has 15 heavy (non-hydrogen) atoms. The van der Waals surface area contributed by atoms with Gasteiger partial charge in [0.15, 0.2) is 5.78 Å². The Hall–Kier alpha value is -0.370. The number of hydrogen-bond acceptors (Lipinski definition) is 2. The predicted molar refractivity (Wildman–Crippen MR) is 63.6 cm³/mol. The van der Waals surface area contributed by atoms with Crippen LogP contribution in [-0.4, -0.2) is 11.8 Å². The fourth-order valence-electron chi connectivity index (χ4n) is 2.55. The van der Waals surface area contributed by atoms with Crippen LogP contribution in [0.2, 0.25) is 0 Å². The number of hydrogen-bond donors (Lipinski definition) is 1. The zero-order chi connectivity index (χ0) is 11.5. The highest BCUT2D eigenvalue weighted by atomic mass is 16.1. The molecule has 0 heterocycles. The van der Waals surface area contributed by atoms with E-state index in [9.17, 15) is 4.79 Å². The lowest BCUT2D eigenvalue weighted by Gasteiger charge is -2.25. The lowest BCUT2D eigenvalue weighted by Crippen LogP contribution is -2.34. The standard InChI is InChI=1S/C13H25NO/c1-10(2)12(15)11(14)6-9-13(3)7-4-5-8-13/h10-11H,4-9,14H2,1-3H3. The molecule has 0 aromatic heterocycles. The molecule has 88 valence electrons. The molecule has 2 nitrogen and oxygen atoms in total. The van der Waals surface area contributed by atoms with E-state index in [-0.39, 0.29) is 17.7 Å². The fraction of sp³-hybridized carbons (Fsp3) is 0.923. The van der Waals surface area contributed by atoms with Gasteiger partial charge in [0.2, 0.25) is 0 Å². The number of rotatable bonds is 5. The summed E-state index contributed by atoms with van der Waals surface area (Å²) in [6, 6.07) is -0.234. The van der Waals surface area contributed by atoms with Crippen LogP contribution < -0.4 is 5.73 Å². The summed E-state index contributed by atoms with van der Waals surface area (Å²) in [7, 11) is 0. The van der Waals surface area contributed by atoms with Crippen LogP contribution in [0.1, 0.15) is 59.3 Å². The minimum absolute atomic E-state index is 0.0800. The number of carbonyl (C=O) groups excluding carboxylic acids is 1. The molecule has 0 aliphatic heterocycles. The summed E-state index contributed by atoms with van der Waals surface area (Å²) in [6.45, 7) is 6.20. The summed E-state index contributed by atoms with van der Waals surface area (Å²) >= 11 is 0. The van der Waals surface area contributed by atoms with Gasteiger partial charge in [0.05, 0.1) is 6.04 Å². The smallest absolute Gasteiger partial charge is 0.152 e. The van der Waals surface area contributed by atoms with E-state index in [1.807, 2.05) is 13.8 Å². The third kappa shape index (κ3) is 3.60. The molecule has 1 rings (SSSR count). The van der Waals surface area contributed by atoms with Gasteiger partial charge in [0.1, 0.15) is 0 Å². The second kappa shape index (κ2) is 5.11. The van der Waals surface area contributed by atoms with E-state index in [1.54, 1.807) is 0 Å². The van der Waals surface area contributed by atoms with Crippen LogP contribution in [0.25, 0.3) is 0 Å². The first kappa shape index (κ1) is 12.7. The normalized spacial score (nSPS) is 21.9. The summed E-state index contributed by atoms with van der Waals surface area (Å²) in [5, 5.41) is 0. The van der Waals surface area contributed by atoms with Crippen molar-refractivity contribution in [2.45, 2.75) is 65.3 Å². The monoisotopic (exact) mass is 211 g/mol. The van der Waals surface area contributed by atoms with E-state index in [2.05, 4.69) is 6.92 Å². The molecule has 0 amide bonds. The Labute approximate surface area is 93.6 Å². The molecule has 0 aromatic rings. The lowest BCUT2D eigenvalue weighted by molar-refractivity contribution is -0.123. The van der Waals surface area contributed by atoms with Crippen molar-refractivity contribution >= 4 is 5.78 Å². The first-order valence-corrected chi connectivity index (χ1v) is 6.24. The minimum Gasteiger partial charge on any atom is -0.321 e. The molecule has 0 aromatic carbocycles. The third-order valence-corrected chi connectivity index (χ3v) is 3.80. The molecule has 1 aliphatic carbocycles. The average Bonchev–Trinajstić information content (AvgIpc) is 2.61. The zero-order valence-electron chi connectivity index (χ0n) is 10.4. The Balaban J connectivity index is 2.33. The zero-order valence-corrected chi connectivity index (χ0v) is 10.4. The second-order valence-electron chi connectivity index (χ2n) is 5.72. The van der Waals surface area contributed by atoms with Crippen molar-refractivity contribution < 1.29 is 4.79 Å². The molecule has 0 spiro atoms. The highest BCUT2D eigenvalue weighted by Gasteiger charge is 2.29. The van der Waals surface area contributed by atoms with Crippen molar-refractivity contribution in [3.8, 4) is 0 Å². The Kier molecular flexibility index (Phi) is 4.32. The maximum absolute atomic E-state index is 11.6. The van der Waals surface area contributed by atoms with Crippen LogP contribution in [-0.2, 0) is 4.79 Å². The summed E-state index contributed by atoms with van der Waals surface area (Å²) in [5.74, 6) is 0.299. The predicted octanol–water partition coefficient (Wildman–Crippen LogP) is 2.90. The Morgan fingerprint density at radius 1 is 1.33 bits per heavy atom. The molecule has 0 saturated heterocycles. The number of ketones is 1. The summed E-state index contributed by atoms with van der Waals surface area (Å²) in [6.07, 6.45) is 7.32. The summed E-state index contributed by atoms with van der Waals surface area (Å²) in [5.41, 5.74) is 6.37. The number of Topliss-reactive ketones (excluding diaryl/α,β-unsaturated/α-hetero) is 1. The SMILES string of the molecule is CC(C)C(=O)C(N)CCC1(C)CCCC1. The Bertz CT molecular complexity index is 217. The minimum atomic E-state index is -0.234. The van der Waals surface area contributed by atoms with Crippen LogP contribution >= 0.6 is 0 Å². The van der Waals surface area contributed by atoms with Crippen LogP contribution in [0.4, 0.5) is 0 Å². The quantitative estimate of drug-likeness (QED) is 0.760. The molecule has 2 N–H and O–H groups in total. The molecule has 1 aliphatic rings. The van der Waals surface area contributed by atoms with E-state index >= 15 is 0 Å². The maximum atomic E-state index is 11.6. The van der Waals surface area contributed by atoms with E-state index in [1.165, 1.54) is 25.7 Å². The van der Waals surface area contributed by atoms with E-state index in [0.717, 1.165) is 12.8 Å². The average molecular weight is 211 g/mol. The van der Waals surface area contributed by atoms with Gasteiger partial charge in [0.25, 0.3) is 0 Å². The van der Waals surface area contributed by atoms with Gasteiger partial charge >= 0.3 is 0 Å². The molecule has 2 heteroatoms. The fourth-order valence-corrected chi connectivity index (χ4v) is 2.55. The summed E-state index contributed by atoms with van der Waals surface area (Å²) < 4.78 is 0. The summed E-state index contributed by atoms with van der Waals surface area (Å²) in [4.78, 5) is 11.6. The molecule has 0 bridgehead atoms. The first-order valence-electron chi connectivity index (χ1n) is 6.24. The second-order valence-corrected chi connectivity index (χ2v) is 5.72. The highest BCUT2D eigenvalue weighted by molar-refractivity contribution is 5.85. The molecule has 1 saturated carbocycles. The number of carbonyl (C=O) groups is 1. The van der Waals surface area contributed by atoms with Gasteiger partial charge in [-0.05, 0) is 31.1 Å². The largest absolute Gasteiger partial charge is 0.321 e. The molecule has 1 fully saturated rings. The molecular weight excluding hydrogens is 186 g/mol. The van der Waals surface area contributed by atoms with Crippen molar-refractivity contribution in [1.29, 1.82) is 0 Å². The molecular formula is C13H25NO. The number of nitrogens with two attached hydrogens (primary N) is 1. The van der Waals surface area contributed by atoms with E-state index in [0.29, 0.717) is 5.41 Å². The lowest BCUT2D eigenvalue weighted by atomic mass is 9.81. The Morgan fingerprint density at radius 3 is 2.33 bits per heavy atom. The molecule has 1 atom stereocenters. The van der Waals surface area contributed by atoms with Crippen LogP contribution in [0, 0.1) is 11.3 Å². The van der Waals surface area contributed by atoms with Gasteiger partial charge in [-0.2, -0.15) is 0 Å². The Morgan fingerprint density at radius 2 is 1.87 bits per heavy atom. The van der Waals surface area contributed by atoms with Crippen molar-refractivity contribution in [3.05, 3.63) is 0 Å². The topological polar surface area (TPSA) is 43.1 Å². The van der Waals surface area contributed by atoms with Crippen LogP contribution in [0.15, 0.2) is 0 Å². The maximum Gasteiger partial charge on any atom is 0.152 e. The van der Waals surface area contributed by atoms with Crippen molar-refractivity contribution in [2.75, 3.05) is 0 Å². The van der Waals surface area contributed by atoms with Gasteiger partial charge in [0, 0.05) is 5.92 Å². The van der Waals surface area contributed by atoms with Crippen molar-refractivity contribution in [2.24, 2.45) is 17.1 Å². The van der Waals surface area contributed by atoms with Crippen LogP contribution in [0.3, 0.4) is 0 Å². The van der Waals surface area contributed by atoms with Gasteiger partial charge in [-0.25, -0.2) is 0 Å². The van der Waals surface area contributed by atoms with Crippen molar-refractivity contribution in [3.63, 3.8) is 0 Å². The van der Waals surface area contributed by atoms with Crippen molar-refractivity contribution in [1.82, 2.24) is 0 Å². The van der Waals surface area contributed by atoms with E-state index in [4.69, 9.17) is 5.73 Å². The van der Waals surface area contributed by atoms with Gasteiger partial charge in [-0.1, -0.05) is 33.6 Å². The van der Waals surface area contributed by atoms with Gasteiger partial charge in [-0.15, -0.1) is 0 Å². The molecule has 1 unspecified atom stereocenters. The van der Waals surface area contributed by atoms with Gasteiger partial charge in [-0.3, -0.25) is 4.79 Å². The highest BCUT2D eigenvalue weighted by Crippen LogP contribution is 2.41. The van der Waals surface area contributed by atoms with Gasteiger partial charge < -0.3 is 5.73 Å².